The van der Waals surface area contributed by atoms with Crippen molar-refractivity contribution in [2.24, 2.45) is 0 Å². The van der Waals surface area contributed by atoms with Crippen LogP contribution in [0.25, 0.3) is 11.3 Å². The highest BCUT2D eigenvalue weighted by atomic mass is 16.2. The lowest BCUT2D eigenvalue weighted by Crippen LogP contribution is -2.36. The predicted molar refractivity (Wildman–Crippen MR) is 125 cm³/mol. The van der Waals surface area contributed by atoms with Crippen molar-refractivity contribution in [3.8, 4) is 11.3 Å². The fraction of sp³-hybridized carbons (Fsp3) is 0.320. The number of fused-ring (bicyclic) bond motifs is 2. The molecule has 1 spiro atoms. The molecular formula is C25H26N6O2. The van der Waals surface area contributed by atoms with E-state index in [4.69, 9.17) is 0 Å². The molecule has 0 radical (unpaired) electrons. The number of aryl methyl sites for hydroxylation is 1. The van der Waals surface area contributed by atoms with Gasteiger partial charge in [0.25, 0.3) is 5.91 Å². The van der Waals surface area contributed by atoms with E-state index in [0.717, 1.165) is 41.9 Å². The Morgan fingerprint density at radius 1 is 1.12 bits per heavy atom. The number of pyridine rings is 1. The summed E-state index contributed by atoms with van der Waals surface area (Å²) in [5.41, 5.74) is 5.70. The second kappa shape index (κ2) is 7.95. The Balaban J connectivity index is 1.45. The van der Waals surface area contributed by atoms with Gasteiger partial charge in [-0.2, -0.15) is 0 Å². The largest absolute Gasteiger partial charge is 0.358 e. The van der Waals surface area contributed by atoms with Crippen molar-refractivity contribution in [2.45, 2.75) is 25.2 Å². The third-order valence-electron chi connectivity index (χ3n) is 6.52. The second-order valence-corrected chi connectivity index (χ2v) is 8.92. The lowest BCUT2D eigenvalue weighted by molar-refractivity contribution is -0.121. The van der Waals surface area contributed by atoms with E-state index in [9.17, 15) is 9.59 Å². The number of hydrogen-bond acceptors (Lipinski definition) is 6. The SMILES string of the molecule is CNC(=O)CN(C)C(=O)c1ccc2c(c1)N(c1ncc(-c3cc(C)ccn3)cn1)CC21CC1. The number of nitrogens with one attached hydrogen (secondary N) is 1. The molecule has 0 bridgehead atoms. The summed E-state index contributed by atoms with van der Waals surface area (Å²) in [6.45, 7) is 2.84. The van der Waals surface area contributed by atoms with Gasteiger partial charge in [0.05, 0.1) is 12.2 Å². The summed E-state index contributed by atoms with van der Waals surface area (Å²) in [5.74, 6) is 0.210. The van der Waals surface area contributed by atoms with Crippen molar-refractivity contribution >= 4 is 23.5 Å². The molecule has 1 aliphatic heterocycles. The molecule has 1 aliphatic carbocycles. The number of anilines is 2. The lowest BCUT2D eigenvalue weighted by atomic mass is 9.97. The van der Waals surface area contributed by atoms with Gasteiger partial charge in [-0.15, -0.1) is 0 Å². The number of likely N-dealkylation sites (N-methyl/N-ethyl adjacent to an activating group) is 2. The van der Waals surface area contributed by atoms with Gasteiger partial charge in [-0.1, -0.05) is 6.07 Å². The summed E-state index contributed by atoms with van der Waals surface area (Å²) >= 11 is 0. The van der Waals surface area contributed by atoms with Gasteiger partial charge in [0.15, 0.2) is 0 Å². The van der Waals surface area contributed by atoms with E-state index in [1.54, 1.807) is 32.7 Å². The maximum atomic E-state index is 12.9. The van der Waals surface area contributed by atoms with E-state index in [0.29, 0.717) is 11.5 Å². The molecule has 0 unspecified atom stereocenters. The second-order valence-electron chi connectivity index (χ2n) is 8.92. The molecule has 8 nitrogen and oxygen atoms in total. The quantitative estimate of drug-likeness (QED) is 0.653. The summed E-state index contributed by atoms with van der Waals surface area (Å²) in [6.07, 6.45) is 7.62. The molecule has 5 rings (SSSR count). The number of nitrogens with zero attached hydrogens (tertiary/aromatic N) is 5. The number of rotatable bonds is 5. The van der Waals surface area contributed by atoms with E-state index in [2.05, 4.69) is 25.2 Å². The fourth-order valence-electron chi connectivity index (χ4n) is 4.44. The van der Waals surface area contributed by atoms with Crippen molar-refractivity contribution < 1.29 is 9.59 Å². The molecule has 3 aromatic rings. The van der Waals surface area contributed by atoms with Gasteiger partial charge < -0.3 is 15.1 Å². The van der Waals surface area contributed by atoms with Crippen molar-refractivity contribution in [2.75, 3.05) is 32.1 Å². The third-order valence-corrected chi connectivity index (χ3v) is 6.52. The van der Waals surface area contributed by atoms with E-state index < -0.39 is 0 Å². The molecule has 2 aromatic heterocycles. The van der Waals surface area contributed by atoms with Crippen LogP contribution in [0.4, 0.5) is 11.6 Å². The Morgan fingerprint density at radius 3 is 2.55 bits per heavy atom. The number of amides is 2. The van der Waals surface area contributed by atoms with Gasteiger partial charge in [-0.25, -0.2) is 9.97 Å². The molecule has 0 saturated heterocycles. The molecule has 1 fully saturated rings. The zero-order valence-electron chi connectivity index (χ0n) is 19.0. The Hall–Kier alpha value is -3.81. The molecule has 1 aromatic carbocycles. The van der Waals surface area contributed by atoms with Crippen LogP contribution in [0.3, 0.4) is 0 Å². The standard InChI is InChI=1S/C25H26N6O2/c1-16-6-9-27-20(10-16)18-12-28-24(29-13-18)31-15-25(7-8-25)19-5-4-17(11-21(19)31)23(33)30(3)14-22(32)26-2/h4-6,9-13H,7-8,14-15H2,1-3H3,(H,26,32). The maximum absolute atomic E-state index is 12.9. The van der Waals surface area contributed by atoms with Crippen LogP contribution >= 0.6 is 0 Å². The maximum Gasteiger partial charge on any atom is 0.254 e. The van der Waals surface area contributed by atoms with Crippen LogP contribution in [-0.4, -0.2) is 58.9 Å². The van der Waals surface area contributed by atoms with Gasteiger partial charge in [-0.05, 0) is 55.2 Å². The number of hydrogen-bond donors (Lipinski definition) is 1. The molecule has 2 aliphatic rings. The van der Waals surface area contributed by atoms with Crippen LogP contribution in [-0.2, 0) is 10.2 Å². The first-order valence-corrected chi connectivity index (χ1v) is 11.0. The van der Waals surface area contributed by atoms with Gasteiger partial charge in [0.1, 0.15) is 0 Å². The minimum absolute atomic E-state index is 0.0115. The topological polar surface area (TPSA) is 91.3 Å². The Labute approximate surface area is 192 Å². The number of benzene rings is 1. The first-order chi connectivity index (χ1) is 15.9. The Bertz CT molecular complexity index is 1240. The van der Waals surface area contributed by atoms with Crippen molar-refractivity contribution in [3.63, 3.8) is 0 Å². The normalized spacial score (nSPS) is 15.3. The first kappa shape index (κ1) is 21.1. The van der Waals surface area contributed by atoms with E-state index in [1.165, 1.54) is 10.5 Å². The number of carbonyl (C=O) groups excluding carboxylic acids is 2. The summed E-state index contributed by atoms with van der Waals surface area (Å²) < 4.78 is 0. The molecular weight excluding hydrogens is 416 g/mol. The molecule has 1 N–H and O–H groups in total. The van der Waals surface area contributed by atoms with Crippen LogP contribution in [0.5, 0.6) is 0 Å². The van der Waals surface area contributed by atoms with Crippen LogP contribution in [0.15, 0.2) is 48.9 Å². The van der Waals surface area contributed by atoms with E-state index >= 15 is 0 Å². The molecule has 33 heavy (non-hydrogen) atoms. The molecule has 1 saturated carbocycles. The van der Waals surface area contributed by atoms with Gasteiger partial charge in [-0.3, -0.25) is 14.6 Å². The average Bonchev–Trinajstić information content (AvgIpc) is 3.54. The van der Waals surface area contributed by atoms with Crippen molar-refractivity contribution in [1.82, 2.24) is 25.2 Å². The lowest BCUT2D eigenvalue weighted by Gasteiger charge is -2.20. The molecule has 3 heterocycles. The number of carbonyl (C=O) groups is 2. The zero-order chi connectivity index (χ0) is 23.2. The van der Waals surface area contributed by atoms with Crippen LogP contribution in [0, 0.1) is 6.92 Å². The van der Waals surface area contributed by atoms with Gasteiger partial charge >= 0.3 is 0 Å². The smallest absolute Gasteiger partial charge is 0.254 e. The highest BCUT2D eigenvalue weighted by Gasteiger charge is 2.52. The molecule has 0 atom stereocenters. The first-order valence-electron chi connectivity index (χ1n) is 11.0. The monoisotopic (exact) mass is 442 g/mol. The third kappa shape index (κ3) is 3.82. The predicted octanol–water partition coefficient (Wildman–Crippen LogP) is 2.85. The summed E-state index contributed by atoms with van der Waals surface area (Å²) in [7, 11) is 3.19. The highest BCUT2D eigenvalue weighted by molar-refractivity contribution is 5.98. The highest BCUT2D eigenvalue weighted by Crippen LogP contribution is 2.57. The van der Waals surface area contributed by atoms with E-state index in [-0.39, 0.29) is 23.8 Å². The molecule has 168 valence electrons. The van der Waals surface area contributed by atoms with Crippen LogP contribution in [0.1, 0.15) is 34.3 Å². The minimum Gasteiger partial charge on any atom is -0.358 e. The molecule has 8 heteroatoms. The van der Waals surface area contributed by atoms with Crippen molar-refractivity contribution in [1.29, 1.82) is 0 Å². The minimum atomic E-state index is -0.206. The van der Waals surface area contributed by atoms with E-state index in [1.807, 2.05) is 37.3 Å². The van der Waals surface area contributed by atoms with Gasteiger partial charge in [0, 0.05) is 61.5 Å². The summed E-state index contributed by atoms with van der Waals surface area (Å²) in [6, 6.07) is 9.78. The zero-order valence-corrected chi connectivity index (χ0v) is 19.0. The Kier molecular flexibility index (Phi) is 5.08. The Morgan fingerprint density at radius 2 is 1.88 bits per heavy atom. The number of aromatic nitrogens is 3. The van der Waals surface area contributed by atoms with Crippen molar-refractivity contribution in [3.05, 3.63) is 65.6 Å². The summed E-state index contributed by atoms with van der Waals surface area (Å²) in [5, 5.41) is 2.55. The summed E-state index contributed by atoms with van der Waals surface area (Å²) in [4.78, 5) is 41.9. The molecule has 2 amide bonds. The van der Waals surface area contributed by atoms with Gasteiger partial charge in [0.2, 0.25) is 11.9 Å². The van der Waals surface area contributed by atoms with Crippen LogP contribution in [0.2, 0.25) is 0 Å². The average molecular weight is 443 g/mol. The van der Waals surface area contributed by atoms with Crippen LogP contribution < -0.4 is 10.2 Å². The fourth-order valence-corrected chi connectivity index (χ4v) is 4.44.